The van der Waals surface area contributed by atoms with Gasteiger partial charge in [-0.3, -0.25) is 4.79 Å². The van der Waals surface area contributed by atoms with Crippen LogP contribution in [0.5, 0.6) is 0 Å². The highest BCUT2D eigenvalue weighted by atomic mass is 16.5. The summed E-state index contributed by atoms with van der Waals surface area (Å²) in [5.74, 6) is -0.678. The maximum Gasteiger partial charge on any atom is 0.336 e. The summed E-state index contributed by atoms with van der Waals surface area (Å²) in [5, 5.41) is 3.37. The van der Waals surface area contributed by atoms with Gasteiger partial charge in [-0.1, -0.05) is 68.4 Å². The van der Waals surface area contributed by atoms with Crippen LogP contribution in [0.3, 0.4) is 0 Å². The second-order valence-corrected chi connectivity index (χ2v) is 9.14. The van der Waals surface area contributed by atoms with Crippen LogP contribution in [0.25, 0.3) is 11.1 Å². The van der Waals surface area contributed by atoms with Crippen LogP contribution in [-0.4, -0.2) is 18.4 Å². The first-order chi connectivity index (χ1) is 14.8. The van der Waals surface area contributed by atoms with E-state index in [9.17, 15) is 9.59 Å². The van der Waals surface area contributed by atoms with E-state index in [0.717, 1.165) is 34.5 Å². The first-order valence-corrected chi connectivity index (χ1v) is 10.9. The molecule has 0 saturated heterocycles. The predicted molar refractivity (Wildman–Crippen MR) is 122 cm³/mol. The van der Waals surface area contributed by atoms with Crippen LogP contribution in [0.15, 0.2) is 77.1 Å². The Kier molecular flexibility index (Phi) is 5.57. The lowest BCUT2D eigenvalue weighted by molar-refractivity contribution is -0.138. The minimum Gasteiger partial charge on any atom is -0.463 e. The third-order valence-electron chi connectivity index (χ3n) is 6.09. The number of ether oxygens (including phenoxy) is 1. The van der Waals surface area contributed by atoms with Crippen molar-refractivity contribution in [3.63, 3.8) is 0 Å². The average molecular weight is 416 g/mol. The van der Waals surface area contributed by atoms with Crippen LogP contribution < -0.4 is 5.32 Å². The van der Waals surface area contributed by atoms with Crippen molar-refractivity contribution in [1.29, 1.82) is 0 Å². The monoisotopic (exact) mass is 415 g/mol. The van der Waals surface area contributed by atoms with Crippen molar-refractivity contribution in [3.05, 3.63) is 82.7 Å². The number of nitrogens with one attached hydrogen (secondary N) is 1. The Morgan fingerprint density at radius 3 is 2.32 bits per heavy atom. The first-order valence-electron chi connectivity index (χ1n) is 10.9. The zero-order valence-corrected chi connectivity index (χ0v) is 18.6. The lowest BCUT2D eigenvalue weighted by Crippen LogP contribution is -2.38. The van der Waals surface area contributed by atoms with Gasteiger partial charge < -0.3 is 10.1 Å². The SMILES string of the molecule is CCOC(=O)C1=C(C)NC2=C(C(=O)CC(C)(C)C2)[C@@H]1c1ccc(-c2ccccc2)cc1. The number of dihydropyridines is 1. The summed E-state index contributed by atoms with van der Waals surface area (Å²) >= 11 is 0. The summed E-state index contributed by atoms with van der Waals surface area (Å²) in [7, 11) is 0. The number of Topliss-reactive ketones (excluding diaryl/α,β-unsaturated/α-hetero) is 1. The number of rotatable bonds is 4. The van der Waals surface area contributed by atoms with Gasteiger partial charge in [-0.2, -0.15) is 0 Å². The van der Waals surface area contributed by atoms with Gasteiger partial charge in [0.1, 0.15) is 0 Å². The minimum absolute atomic E-state index is 0.102. The zero-order valence-electron chi connectivity index (χ0n) is 18.6. The molecule has 1 atom stereocenters. The minimum atomic E-state index is -0.413. The van der Waals surface area contributed by atoms with Gasteiger partial charge in [-0.05, 0) is 42.4 Å². The van der Waals surface area contributed by atoms with Crippen LogP contribution >= 0.6 is 0 Å². The molecule has 2 aromatic rings. The molecule has 0 saturated carbocycles. The van der Waals surface area contributed by atoms with E-state index < -0.39 is 5.92 Å². The number of hydrogen-bond donors (Lipinski definition) is 1. The molecule has 1 heterocycles. The molecule has 1 aliphatic heterocycles. The Hall–Kier alpha value is -3.14. The lowest BCUT2D eigenvalue weighted by Gasteiger charge is -2.39. The van der Waals surface area contributed by atoms with Gasteiger partial charge in [0.25, 0.3) is 0 Å². The van der Waals surface area contributed by atoms with Crippen molar-refractivity contribution in [2.75, 3.05) is 6.61 Å². The highest BCUT2D eigenvalue weighted by Gasteiger charge is 2.43. The molecule has 4 heteroatoms. The third kappa shape index (κ3) is 4.07. The van der Waals surface area contributed by atoms with Gasteiger partial charge in [-0.25, -0.2) is 4.79 Å². The molecule has 160 valence electrons. The molecule has 1 aliphatic carbocycles. The van der Waals surface area contributed by atoms with E-state index >= 15 is 0 Å². The predicted octanol–water partition coefficient (Wildman–Crippen LogP) is 5.52. The number of carbonyl (C=O) groups is 2. The van der Waals surface area contributed by atoms with Gasteiger partial charge in [-0.15, -0.1) is 0 Å². The summed E-state index contributed by atoms with van der Waals surface area (Å²) in [6.07, 6.45) is 1.25. The number of esters is 1. The lowest BCUT2D eigenvalue weighted by atomic mass is 9.68. The number of ketones is 1. The van der Waals surface area contributed by atoms with Gasteiger partial charge in [0.15, 0.2) is 5.78 Å². The summed E-state index contributed by atoms with van der Waals surface area (Å²) in [6, 6.07) is 18.3. The molecule has 31 heavy (non-hydrogen) atoms. The van der Waals surface area contributed by atoms with E-state index in [4.69, 9.17) is 4.74 Å². The number of hydrogen-bond acceptors (Lipinski definition) is 4. The maximum absolute atomic E-state index is 13.3. The fourth-order valence-corrected chi connectivity index (χ4v) is 4.75. The van der Waals surface area contributed by atoms with E-state index in [2.05, 4.69) is 43.4 Å². The molecule has 2 aromatic carbocycles. The van der Waals surface area contributed by atoms with Crippen molar-refractivity contribution in [1.82, 2.24) is 5.32 Å². The molecule has 1 N–H and O–H groups in total. The number of benzene rings is 2. The molecule has 0 amide bonds. The Labute approximate surface area is 184 Å². The van der Waals surface area contributed by atoms with Crippen LogP contribution in [0.2, 0.25) is 0 Å². The van der Waals surface area contributed by atoms with Gasteiger partial charge >= 0.3 is 5.97 Å². The van der Waals surface area contributed by atoms with E-state index in [0.29, 0.717) is 24.2 Å². The van der Waals surface area contributed by atoms with E-state index in [1.165, 1.54) is 0 Å². The normalized spacial score (nSPS) is 20.3. The van der Waals surface area contributed by atoms with E-state index in [-0.39, 0.29) is 17.2 Å². The first kappa shape index (κ1) is 21.1. The Balaban J connectivity index is 1.81. The molecule has 0 spiro atoms. The van der Waals surface area contributed by atoms with Crippen LogP contribution in [0.1, 0.15) is 52.0 Å². The molecular weight excluding hydrogens is 386 g/mol. The molecule has 4 rings (SSSR count). The molecule has 0 unspecified atom stereocenters. The molecule has 0 aromatic heterocycles. The summed E-state index contributed by atoms with van der Waals surface area (Å²) in [4.78, 5) is 26.2. The molecule has 2 aliphatic rings. The summed E-state index contributed by atoms with van der Waals surface area (Å²) < 4.78 is 5.38. The number of allylic oxidation sites excluding steroid dienone is 3. The number of carbonyl (C=O) groups excluding carboxylic acids is 2. The van der Waals surface area contributed by atoms with Crippen molar-refractivity contribution in [3.8, 4) is 11.1 Å². The second-order valence-electron chi connectivity index (χ2n) is 9.14. The second kappa shape index (κ2) is 8.18. The van der Waals surface area contributed by atoms with Crippen molar-refractivity contribution in [2.24, 2.45) is 5.41 Å². The highest BCUT2D eigenvalue weighted by Crippen LogP contribution is 2.47. The fraction of sp³-hybridized carbons (Fsp3) is 0.333. The molecule has 0 bridgehead atoms. The van der Waals surface area contributed by atoms with Crippen LogP contribution in [0.4, 0.5) is 0 Å². The van der Waals surface area contributed by atoms with Crippen LogP contribution in [-0.2, 0) is 14.3 Å². The molecule has 0 radical (unpaired) electrons. The maximum atomic E-state index is 13.3. The van der Waals surface area contributed by atoms with Crippen molar-refractivity contribution < 1.29 is 14.3 Å². The van der Waals surface area contributed by atoms with Crippen molar-refractivity contribution >= 4 is 11.8 Å². The Morgan fingerprint density at radius 2 is 1.68 bits per heavy atom. The Morgan fingerprint density at radius 1 is 1.03 bits per heavy atom. The van der Waals surface area contributed by atoms with Crippen LogP contribution in [0, 0.1) is 5.41 Å². The third-order valence-corrected chi connectivity index (χ3v) is 6.09. The fourth-order valence-electron chi connectivity index (χ4n) is 4.75. The van der Waals surface area contributed by atoms with Gasteiger partial charge in [0.05, 0.1) is 12.2 Å². The molecular formula is C27H29NO3. The topological polar surface area (TPSA) is 55.4 Å². The van der Waals surface area contributed by atoms with E-state index in [1.807, 2.05) is 37.3 Å². The quantitative estimate of drug-likeness (QED) is 0.668. The highest BCUT2D eigenvalue weighted by molar-refractivity contribution is 6.04. The van der Waals surface area contributed by atoms with Gasteiger partial charge in [0, 0.05) is 29.3 Å². The Bertz CT molecular complexity index is 1080. The zero-order chi connectivity index (χ0) is 22.2. The standard InChI is InChI=1S/C27H29NO3/c1-5-31-26(30)23-17(2)28-21-15-27(3,4)16-22(29)25(21)24(23)20-13-11-19(12-14-20)18-9-7-6-8-10-18/h6-14,24,28H,5,15-16H2,1-4H3/t24-/m1/s1. The molecule has 0 fully saturated rings. The molecule has 4 nitrogen and oxygen atoms in total. The summed E-state index contributed by atoms with van der Waals surface area (Å²) in [6.45, 7) is 8.21. The average Bonchev–Trinajstić information content (AvgIpc) is 2.72. The van der Waals surface area contributed by atoms with Crippen molar-refractivity contribution in [2.45, 2.75) is 46.5 Å². The largest absolute Gasteiger partial charge is 0.463 e. The smallest absolute Gasteiger partial charge is 0.336 e. The summed E-state index contributed by atoms with van der Waals surface area (Å²) in [5.41, 5.74) is 6.00. The van der Waals surface area contributed by atoms with E-state index in [1.54, 1.807) is 6.92 Å². The van der Waals surface area contributed by atoms with Gasteiger partial charge in [0.2, 0.25) is 0 Å².